The van der Waals surface area contributed by atoms with Crippen molar-refractivity contribution in [1.82, 2.24) is 0 Å². The van der Waals surface area contributed by atoms with Crippen molar-refractivity contribution in [2.24, 2.45) is 0 Å². The number of aryl methyl sites for hydroxylation is 1. The molecule has 0 heterocycles. The third-order valence-electron chi connectivity index (χ3n) is 3.81. The maximum atomic E-state index is 9.69. The molecule has 0 saturated carbocycles. The van der Waals surface area contributed by atoms with Crippen LogP contribution < -0.4 is 0 Å². The molecule has 0 atom stereocenters. The van der Waals surface area contributed by atoms with E-state index in [9.17, 15) is 10.2 Å². The van der Waals surface area contributed by atoms with Crippen LogP contribution in [-0.4, -0.2) is 10.2 Å². The molecule has 24 heavy (non-hydrogen) atoms. The minimum atomic E-state index is 0.0346. The van der Waals surface area contributed by atoms with E-state index in [2.05, 4.69) is 0 Å². The van der Waals surface area contributed by atoms with Crippen LogP contribution in [0.3, 0.4) is 0 Å². The second-order valence-electron chi connectivity index (χ2n) is 5.57. The molecule has 0 saturated heterocycles. The van der Waals surface area contributed by atoms with E-state index in [1.165, 1.54) is 0 Å². The first-order valence-electron chi connectivity index (χ1n) is 7.37. The zero-order chi connectivity index (χ0) is 17.3. The van der Waals surface area contributed by atoms with Gasteiger partial charge in [0, 0.05) is 0 Å². The number of phenols is 2. The lowest BCUT2D eigenvalue weighted by Gasteiger charge is -2.19. The maximum Gasteiger partial charge on any atom is 0.134 e. The van der Waals surface area contributed by atoms with E-state index in [1.54, 1.807) is 36.4 Å². The van der Waals surface area contributed by atoms with Crippen LogP contribution >= 0.6 is 23.2 Å². The van der Waals surface area contributed by atoms with Gasteiger partial charge in [-0.15, -0.1) is 0 Å². The van der Waals surface area contributed by atoms with Gasteiger partial charge < -0.3 is 10.2 Å². The Morgan fingerprint density at radius 1 is 0.667 bits per heavy atom. The zero-order valence-electron chi connectivity index (χ0n) is 12.9. The van der Waals surface area contributed by atoms with Crippen LogP contribution in [0.5, 0.6) is 11.5 Å². The molecule has 0 amide bonds. The van der Waals surface area contributed by atoms with E-state index in [0.29, 0.717) is 0 Å². The fraction of sp³-hybridized carbons (Fsp3) is 0.0500. The van der Waals surface area contributed by atoms with E-state index in [-0.39, 0.29) is 21.5 Å². The normalized spacial score (nSPS) is 11.0. The van der Waals surface area contributed by atoms with Gasteiger partial charge in [0.2, 0.25) is 0 Å². The number of hydrogen-bond acceptors (Lipinski definition) is 2. The first-order valence-corrected chi connectivity index (χ1v) is 8.13. The summed E-state index contributed by atoms with van der Waals surface area (Å²) in [4.78, 5) is 0. The third kappa shape index (κ3) is 3.35. The van der Waals surface area contributed by atoms with Crippen LogP contribution in [-0.2, 0) is 0 Å². The lowest BCUT2D eigenvalue weighted by molar-refractivity contribution is 0.475. The van der Waals surface area contributed by atoms with Crippen molar-refractivity contribution < 1.29 is 10.2 Å². The minimum Gasteiger partial charge on any atom is -0.506 e. The van der Waals surface area contributed by atoms with Crippen molar-refractivity contribution in [3.8, 4) is 11.5 Å². The molecule has 1 radical (unpaired) electrons. The van der Waals surface area contributed by atoms with Crippen molar-refractivity contribution in [1.29, 1.82) is 0 Å². The number of phenolic OH excluding ortho intramolecular Hbond substituents is 2. The molecular weight excluding hydrogens is 343 g/mol. The highest BCUT2D eigenvalue weighted by molar-refractivity contribution is 6.32. The highest BCUT2D eigenvalue weighted by Crippen LogP contribution is 2.37. The van der Waals surface area contributed by atoms with Gasteiger partial charge in [-0.2, -0.15) is 0 Å². The van der Waals surface area contributed by atoms with Gasteiger partial charge in [0.1, 0.15) is 11.5 Å². The SMILES string of the molecule is Cc1ccc([C](c2ccc(O)c(Cl)c2)c2ccc(O)c(Cl)c2)cc1. The molecule has 0 spiro atoms. The fourth-order valence-electron chi connectivity index (χ4n) is 2.55. The van der Waals surface area contributed by atoms with Crippen LogP contribution in [0, 0.1) is 12.8 Å². The Balaban J connectivity index is 2.17. The van der Waals surface area contributed by atoms with E-state index < -0.39 is 0 Å². The Kier molecular flexibility index (Phi) is 4.70. The fourth-order valence-corrected chi connectivity index (χ4v) is 2.91. The number of halogens is 2. The van der Waals surface area contributed by atoms with Crippen LogP contribution in [0.15, 0.2) is 60.7 Å². The average Bonchev–Trinajstić information content (AvgIpc) is 2.56. The minimum absolute atomic E-state index is 0.0346. The van der Waals surface area contributed by atoms with Crippen LogP contribution in [0.2, 0.25) is 10.0 Å². The smallest absolute Gasteiger partial charge is 0.134 e. The van der Waals surface area contributed by atoms with Gasteiger partial charge in [-0.05, 0) is 47.9 Å². The standard InChI is InChI=1S/C20H15Cl2O2/c1-12-2-4-13(5-3-12)20(14-6-8-18(23)16(21)10-14)15-7-9-19(24)17(22)11-15/h2-11,23-24H,1H3. The summed E-state index contributed by atoms with van der Waals surface area (Å²) in [6.07, 6.45) is 0. The lowest BCUT2D eigenvalue weighted by Crippen LogP contribution is -2.04. The topological polar surface area (TPSA) is 40.5 Å². The molecule has 0 aliphatic carbocycles. The molecule has 0 aliphatic rings. The molecule has 4 heteroatoms. The van der Waals surface area contributed by atoms with Crippen LogP contribution in [0.1, 0.15) is 22.3 Å². The molecule has 0 fully saturated rings. The highest BCUT2D eigenvalue weighted by Gasteiger charge is 2.20. The quantitative estimate of drug-likeness (QED) is 0.587. The van der Waals surface area contributed by atoms with Crippen molar-refractivity contribution >= 4 is 23.2 Å². The summed E-state index contributed by atoms with van der Waals surface area (Å²) in [5.41, 5.74) is 3.85. The van der Waals surface area contributed by atoms with Gasteiger partial charge in [-0.3, -0.25) is 0 Å². The van der Waals surface area contributed by atoms with Gasteiger partial charge in [0.15, 0.2) is 0 Å². The van der Waals surface area contributed by atoms with E-state index in [0.717, 1.165) is 28.2 Å². The molecule has 0 bridgehead atoms. The largest absolute Gasteiger partial charge is 0.506 e. The van der Waals surface area contributed by atoms with Crippen molar-refractivity contribution in [2.45, 2.75) is 6.92 Å². The first-order chi connectivity index (χ1) is 11.5. The molecule has 3 aromatic carbocycles. The molecule has 2 nitrogen and oxygen atoms in total. The number of rotatable bonds is 3. The summed E-state index contributed by atoms with van der Waals surface area (Å²) in [5.74, 6) is 0.985. The van der Waals surface area contributed by atoms with Gasteiger partial charge in [0.05, 0.1) is 16.0 Å². The molecular formula is C20H15Cl2O2. The molecule has 0 aliphatic heterocycles. The maximum absolute atomic E-state index is 9.69. The Morgan fingerprint density at radius 2 is 1.08 bits per heavy atom. The molecule has 0 unspecified atom stereocenters. The highest BCUT2D eigenvalue weighted by atomic mass is 35.5. The summed E-state index contributed by atoms with van der Waals surface area (Å²) < 4.78 is 0. The average molecular weight is 358 g/mol. The molecule has 121 valence electrons. The Labute approximate surface area is 150 Å². The van der Waals surface area contributed by atoms with Crippen LogP contribution in [0.25, 0.3) is 0 Å². The third-order valence-corrected chi connectivity index (χ3v) is 4.42. The zero-order valence-corrected chi connectivity index (χ0v) is 14.4. The van der Waals surface area contributed by atoms with Crippen LogP contribution in [0.4, 0.5) is 0 Å². The van der Waals surface area contributed by atoms with Crippen molar-refractivity contribution in [3.05, 3.63) is 98.9 Å². The van der Waals surface area contributed by atoms with E-state index >= 15 is 0 Å². The molecule has 0 aromatic heterocycles. The second-order valence-corrected chi connectivity index (χ2v) is 6.39. The number of aromatic hydroxyl groups is 2. The summed E-state index contributed by atoms with van der Waals surface area (Å²) >= 11 is 12.2. The summed E-state index contributed by atoms with van der Waals surface area (Å²) in [6.45, 7) is 2.03. The summed E-state index contributed by atoms with van der Waals surface area (Å²) in [7, 11) is 0. The second kappa shape index (κ2) is 6.76. The Hall–Kier alpha value is -2.16. The molecule has 3 aromatic rings. The summed E-state index contributed by atoms with van der Waals surface area (Å²) in [6, 6.07) is 18.3. The molecule has 2 N–H and O–H groups in total. The van der Waals surface area contributed by atoms with Crippen molar-refractivity contribution in [2.75, 3.05) is 0 Å². The van der Waals surface area contributed by atoms with E-state index in [4.69, 9.17) is 23.2 Å². The monoisotopic (exact) mass is 357 g/mol. The first kappa shape index (κ1) is 16.7. The summed E-state index contributed by atoms with van der Waals surface area (Å²) in [5, 5.41) is 19.9. The lowest BCUT2D eigenvalue weighted by atomic mass is 9.85. The predicted octanol–water partition coefficient (Wildman–Crippen LogP) is 5.73. The number of hydrogen-bond donors (Lipinski definition) is 2. The number of benzene rings is 3. The van der Waals surface area contributed by atoms with E-state index in [1.807, 2.05) is 31.2 Å². The van der Waals surface area contributed by atoms with Gasteiger partial charge in [-0.25, -0.2) is 0 Å². The van der Waals surface area contributed by atoms with Gasteiger partial charge >= 0.3 is 0 Å². The molecule has 3 rings (SSSR count). The predicted molar refractivity (Wildman–Crippen MR) is 98.0 cm³/mol. The Morgan fingerprint density at radius 3 is 1.50 bits per heavy atom. The Bertz CT molecular complexity index is 822. The van der Waals surface area contributed by atoms with Gasteiger partial charge in [-0.1, -0.05) is 65.2 Å². The van der Waals surface area contributed by atoms with Gasteiger partial charge in [0.25, 0.3) is 0 Å². The van der Waals surface area contributed by atoms with Crippen molar-refractivity contribution in [3.63, 3.8) is 0 Å².